The van der Waals surface area contributed by atoms with E-state index in [-0.39, 0.29) is 5.82 Å². The SMILES string of the molecule is CC(C)(C)OC(=O)N1CCC[C@@H]1C(=O)N[C@@H]1[C@@H](O)[C@H](O)[C@H](Nc2ncnc3nc[nH]c23)O[C@H]1CO. The van der Waals surface area contributed by atoms with Crippen LogP contribution in [0, 0.1) is 0 Å². The Balaban J connectivity index is 1.44. The van der Waals surface area contributed by atoms with Crippen molar-refractivity contribution in [2.45, 2.75) is 75.8 Å². The van der Waals surface area contributed by atoms with Crippen molar-refractivity contribution < 1.29 is 34.4 Å². The van der Waals surface area contributed by atoms with Crippen LogP contribution < -0.4 is 10.6 Å². The molecule has 6 N–H and O–H groups in total. The number of hydrogen-bond donors (Lipinski definition) is 6. The first-order valence-corrected chi connectivity index (χ1v) is 11.4. The summed E-state index contributed by atoms with van der Waals surface area (Å²) in [6.45, 7) is 5.03. The number of aromatic nitrogens is 4. The summed E-state index contributed by atoms with van der Waals surface area (Å²) in [5.41, 5.74) is 0.147. The number of carbonyl (C=O) groups is 2. The van der Waals surface area contributed by atoms with Crippen molar-refractivity contribution in [3.05, 3.63) is 12.7 Å². The van der Waals surface area contributed by atoms with Crippen LogP contribution in [0.15, 0.2) is 12.7 Å². The van der Waals surface area contributed by atoms with E-state index in [1.807, 2.05) is 0 Å². The van der Waals surface area contributed by atoms with Gasteiger partial charge >= 0.3 is 6.09 Å². The predicted molar refractivity (Wildman–Crippen MR) is 121 cm³/mol. The number of aromatic amines is 1. The van der Waals surface area contributed by atoms with Gasteiger partial charge in [-0.3, -0.25) is 9.69 Å². The average Bonchev–Trinajstić information content (AvgIpc) is 3.47. The van der Waals surface area contributed by atoms with Crippen LogP contribution in [0.3, 0.4) is 0 Å². The number of rotatable bonds is 5. The zero-order valence-electron chi connectivity index (χ0n) is 19.7. The van der Waals surface area contributed by atoms with Gasteiger partial charge in [-0.2, -0.15) is 0 Å². The van der Waals surface area contributed by atoms with E-state index in [1.54, 1.807) is 20.8 Å². The van der Waals surface area contributed by atoms with Crippen molar-refractivity contribution in [1.29, 1.82) is 0 Å². The summed E-state index contributed by atoms with van der Waals surface area (Å²) in [5, 5.41) is 37.0. The van der Waals surface area contributed by atoms with Gasteiger partial charge in [0, 0.05) is 6.54 Å². The molecule has 0 radical (unpaired) electrons. The summed E-state index contributed by atoms with van der Waals surface area (Å²) < 4.78 is 11.2. The van der Waals surface area contributed by atoms with Gasteiger partial charge in [-0.1, -0.05) is 0 Å². The number of aliphatic hydroxyl groups excluding tert-OH is 3. The Labute approximate surface area is 201 Å². The number of amides is 2. The summed E-state index contributed by atoms with van der Waals surface area (Å²) in [6.07, 6.45) is -2.04. The minimum absolute atomic E-state index is 0.280. The Morgan fingerprint density at radius 3 is 2.74 bits per heavy atom. The molecule has 4 heterocycles. The van der Waals surface area contributed by atoms with Crippen molar-refractivity contribution in [2.75, 3.05) is 18.5 Å². The summed E-state index contributed by atoms with van der Waals surface area (Å²) in [6, 6.07) is -1.93. The molecular weight excluding hydrogens is 462 g/mol. The number of nitrogens with one attached hydrogen (secondary N) is 3. The standard InChI is InChI=1S/C21H31N7O7/c1-21(2,3)35-20(33)28-6-4-5-10(28)18(32)26-12-11(7-29)34-19(15(31)14(12)30)27-17-13-16(23-8-22-13)24-9-25-17/h8-12,14-15,19,29-31H,4-7H2,1-3H3,(H,26,32)(H2,22,23,24,25,27)/t10-,11+,12+,14-,15+,19-/m1/s1. The molecule has 6 atom stereocenters. The minimum Gasteiger partial charge on any atom is -0.444 e. The molecule has 2 aliphatic rings. The van der Waals surface area contributed by atoms with Crippen LogP contribution in [-0.2, 0) is 14.3 Å². The third kappa shape index (κ3) is 5.29. The fraction of sp³-hybridized carbons (Fsp3) is 0.667. The van der Waals surface area contributed by atoms with Crippen LogP contribution in [0.2, 0.25) is 0 Å². The molecule has 0 spiro atoms. The Kier molecular flexibility index (Phi) is 7.07. The number of carbonyl (C=O) groups excluding carboxylic acids is 2. The third-order valence-electron chi connectivity index (χ3n) is 5.92. The van der Waals surface area contributed by atoms with E-state index < -0.39 is 60.8 Å². The monoisotopic (exact) mass is 493 g/mol. The highest BCUT2D eigenvalue weighted by molar-refractivity contribution is 5.86. The maximum Gasteiger partial charge on any atom is 0.410 e. The van der Waals surface area contributed by atoms with Gasteiger partial charge in [0.25, 0.3) is 0 Å². The molecular formula is C21H31N7O7. The number of nitrogens with zero attached hydrogens (tertiary/aromatic N) is 4. The first-order chi connectivity index (χ1) is 16.6. The molecule has 4 rings (SSSR count). The Bertz CT molecular complexity index is 1060. The number of anilines is 1. The van der Waals surface area contributed by atoms with E-state index in [0.717, 1.165) is 0 Å². The topological polar surface area (TPSA) is 195 Å². The van der Waals surface area contributed by atoms with E-state index in [1.165, 1.54) is 17.6 Å². The highest BCUT2D eigenvalue weighted by Gasteiger charge is 2.47. The molecule has 2 aliphatic heterocycles. The maximum absolute atomic E-state index is 13.1. The largest absolute Gasteiger partial charge is 0.444 e. The van der Waals surface area contributed by atoms with Gasteiger partial charge in [0.15, 0.2) is 17.7 Å². The van der Waals surface area contributed by atoms with Crippen molar-refractivity contribution in [2.24, 2.45) is 0 Å². The van der Waals surface area contributed by atoms with Crippen LogP contribution in [0.4, 0.5) is 10.6 Å². The number of ether oxygens (including phenoxy) is 2. The summed E-state index contributed by atoms with van der Waals surface area (Å²) in [5.74, 6) is -0.255. The molecule has 0 aliphatic carbocycles. The molecule has 192 valence electrons. The summed E-state index contributed by atoms with van der Waals surface area (Å²) in [4.78, 5) is 42.0. The molecule has 2 fully saturated rings. The van der Waals surface area contributed by atoms with Crippen LogP contribution in [0.25, 0.3) is 11.2 Å². The number of hydrogen-bond acceptors (Lipinski definition) is 11. The van der Waals surface area contributed by atoms with Crippen molar-refractivity contribution in [3.63, 3.8) is 0 Å². The molecule has 2 aromatic heterocycles. The van der Waals surface area contributed by atoms with Gasteiger partial charge in [-0.25, -0.2) is 19.7 Å². The Morgan fingerprint density at radius 2 is 2.03 bits per heavy atom. The molecule has 14 nitrogen and oxygen atoms in total. The van der Waals surface area contributed by atoms with Gasteiger partial charge < -0.3 is 40.4 Å². The first-order valence-electron chi connectivity index (χ1n) is 11.4. The van der Waals surface area contributed by atoms with Gasteiger partial charge in [-0.05, 0) is 33.6 Å². The van der Waals surface area contributed by atoms with Crippen molar-refractivity contribution in [1.82, 2.24) is 30.2 Å². The lowest BCUT2D eigenvalue weighted by Gasteiger charge is -2.43. The quantitative estimate of drug-likeness (QED) is 0.302. The smallest absolute Gasteiger partial charge is 0.410 e. The second kappa shape index (κ2) is 9.89. The Morgan fingerprint density at radius 1 is 1.26 bits per heavy atom. The fourth-order valence-electron chi connectivity index (χ4n) is 4.27. The van der Waals surface area contributed by atoms with Crippen molar-refractivity contribution in [3.8, 4) is 0 Å². The van der Waals surface area contributed by atoms with E-state index in [9.17, 15) is 24.9 Å². The average molecular weight is 494 g/mol. The molecule has 0 saturated carbocycles. The first kappa shape index (κ1) is 25.0. The van der Waals surface area contributed by atoms with Gasteiger partial charge in [-0.15, -0.1) is 0 Å². The maximum atomic E-state index is 13.1. The van der Waals surface area contributed by atoms with E-state index >= 15 is 0 Å². The number of aliphatic hydroxyl groups is 3. The second-order valence-corrected chi connectivity index (χ2v) is 9.59. The van der Waals surface area contributed by atoms with Gasteiger partial charge in [0.05, 0.1) is 19.0 Å². The second-order valence-electron chi connectivity index (χ2n) is 9.59. The molecule has 35 heavy (non-hydrogen) atoms. The minimum atomic E-state index is -1.49. The zero-order valence-corrected chi connectivity index (χ0v) is 19.7. The molecule has 0 aromatic carbocycles. The predicted octanol–water partition coefficient (Wildman–Crippen LogP) is -0.912. The summed E-state index contributed by atoms with van der Waals surface area (Å²) in [7, 11) is 0. The molecule has 0 unspecified atom stereocenters. The number of fused-ring (bicyclic) bond motifs is 1. The fourth-order valence-corrected chi connectivity index (χ4v) is 4.27. The molecule has 2 saturated heterocycles. The van der Waals surface area contributed by atoms with E-state index in [4.69, 9.17) is 9.47 Å². The number of likely N-dealkylation sites (tertiary alicyclic amines) is 1. The lowest BCUT2D eigenvalue weighted by Crippen LogP contribution is -2.67. The van der Waals surface area contributed by atoms with Crippen molar-refractivity contribution >= 4 is 29.0 Å². The Hall–Kier alpha value is -3.07. The van der Waals surface area contributed by atoms with Crippen LogP contribution in [0.1, 0.15) is 33.6 Å². The number of H-pyrrole nitrogens is 1. The third-order valence-corrected chi connectivity index (χ3v) is 5.92. The molecule has 0 bridgehead atoms. The molecule has 2 amide bonds. The molecule has 2 aromatic rings. The van der Waals surface area contributed by atoms with Gasteiger partial charge in [0.1, 0.15) is 41.8 Å². The normalized spacial score (nSPS) is 29.3. The lowest BCUT2D eigenvalue weighted by molar-refractivity contribution is -0.185. The zero-order chi connectivity index (χ0) is 25.3. The van der Waals surface area contributed by atoms with Crippen LogP contribution in [0.5, 0.6) is 0 Å². The highest BCUT2D eigenvalue weighted by atomic mass is 16.6. The van der Waals surface area contributed by atoms with E-state index in [2.05, 4.69) is 30.6 Å². The number of imidazole rings is 1. The summed E-state index contributed by atoms with van der Waals surface area (Å²) >= 11 is 0. The van der Waals surface area contributed by atoms with Crippen LogP contribution in [-0.4, -0.2) is 108 Å². The highest BCUT2D eigenvalue weighted by Crippen LogP contribution is 2.26. The van der Waals surface area contributed by atoms with Crippen LogP contribution >= 0.6 is 0 Å². The molecule has 14 heteroatoms. The van der Waals surface area contributed by atoms with E-state index in [0.29, 0.717) is 30.6 Å². The van der Waals surface area contributed by atoms with Gasteiger partial charge in [0.2, 0.25) is 5.91 Å². The lowest BCUT2D eigenvalue weighted by atomic mass is 9.95.